The van der Waals surface area contributed by atoms with Gasteiger partial charge in [-0.1, -0.05) is 32.7 Å². The van der Waals surface area contributed by atoms with E-state index in [2.05, 4.69) is 19.7 Å². The number of hydrogen-bond donors (Lipinski definition) is 4. The van der Waals surface area contributed by atoms with E-state index in [9.17, 15) is 22.9 Å². The molecule has 2 aromatic carbocycles. The number of anilines is 1. The molecule has 0 aromatic heterocycles. The minimum Gasteiger partial charge on any atom is -0.506 e. The molecule has 2 heterocycles. The average Bonchev–Trinajstić information content (AvgIpc) is 3.26. The lowest BCUT2D eigenvalue weighted by Gasteiger charge is -2.25. The van der Waals surface area contributed by atoms with Gasteiger partial charge in [-0.05, 0) is 59.7 Å². The molecular formula is C26H24N2O8S2. The molecule has 0 atom stereocenters. The maximum atomic E-state index is 13.1. The molecule has 0 amide bonds. The third-order valence-corrected chi connectivity index (χ3v) is 8.58. The summed E-state index contributed by atoms with van der Waals surface area (Å²) in [6.07, 6.45) is 3.14. The van der Waals surface area contributed by atoms with Crippen LogP contribution in [-0.4, -0.2) is 34.8 Å². The summed E-state index contributed by atoms with van der Waals surface area (Å²) in [7, 11) is -4.37. The van der Waals surface area contributed by atoms with E-state index < -0.39 is 20.9 Å². The third-order valence-electron chi connectivity index (χ3n) is 7.16. The number of rotatable bonds is 6. The molecule has 0 fully saturated rings. The van der Waals surface area contributed by atoms with Gasteiger partial charge in [0.15, 0.2) is 0 Å². The molecule has 1 aliphatic carbocycles. The van der Waals surface area contributed by atoms with E-state index in [1.807, 2.05) is 33.8 Å². The first-order valence-electron chi connectivity index (χ1n) is 11.4. The largest absolute Gasteiger partial charge is 0.506 e. The van der Waals surface area contributed by atoms with E-state index in [-0.39, 0.29) is 27.6 Å². The molecule has 10 nitrogen and oxygen atoms in total. The molecule has 0 unspecified atom stereocenters. The van der Waals surface area contributed by atoms with Crippen LogP contribution in [0.4, 0.5) is 11.4 Å². The molecule has 0 saturated heterocycles. The van der Waals surface area contributed by atoms with Crippen LogP contribution >= 0.6 is 12.0 Å². The summed E-state index contributed by atoms with van der Waals surface area (Å²) in [6, 6.07) is 9.63. The van der Waals surface area contributed by atoms with Gasteiger partial charge in [0, 0.05) is 27.1 Å². The third kappa shape index (κ3) is 4.19. The number of aliphatic imine (C=N–C) groups is 1. The van der Waals surface area contributed by atoms with Gasteiger partial charge in [0.25, 0.3) is 10.1 Å². The summed E-state index contributed by atoms with van der Waals surface area (Å²) < 4.78 is 37.1. The predicted octanol–water partition coefficient (Wildman–Crippen LogP) is 5.33. The highest BCUT2D eigenvalue weighted by Gasteiger charge is 2.41. The van der Waals surface area contributed by atoms with E-state index in [4.69, 9.17) is 5.26 Å². The molecule has 5 rings (SSSR count). The topological polar surface area (TPSA) is 155 Å². The lowest BCUT2D eigenvalue weighted by atomic mass is 9.77. The Morgan fingerprint density at radius 2 is 1.76 bits per heavy atom. The molecule has 198 valence electrons. The standard InChI is InChI=1S/C26H24N2O8S2/c1-25(2)17-9-13(37-36-35-31)5-7-19(17)27-21(25)11-15-23(29)16(24(15)30)12-22-26(3,4)18-10-14(38(32,33)34)6-8-20(18)28-22/h5-12,28-29,31H,1-4H3,(H,32,33,34)/b15-11+,22-12+. The van der Waals surface area contributed by atoms with Crippen molar-refractivity contribution in [1.82, 2.24) is 0 Å². The summed E-state index contributed by atoms with van der Waals surface area (Å²) in [5.41, 5.74) is 3.05. The Morgan fingerprint density at radius 1 is 1.03 bits per heavy atom. The number of carbonyl (C=O) groups excluding carboxylic acids is 1. The smallest absolute Gasteiger partial charge is 0.294 e. The first-order valence-corrected chi connectivity index (χ1v) is 13.6. The highest BCUT2D eigenvalue weighted by Crippen LogP contribution is 2.46. The number of ketones is 1. The van der Waals surface area contributed by atoms with Crippen molar-refractivity contribution < 1.29 is 37.5 Å². The molecule has 38 heavy (non-hydrogen) atoms. The van der Waals surface area contributed by atoms with E-state index in [0.29, 0.717) is 33.2 Å². The molecule has 2 aromatic rings. The molecule has 4 N–H and O–H groups in total. The second kappa shape index (κ2) is 8.90. The minimum atomic E-state index is -4.37. The Morgan fingerprint density at radius 3 is 2.42 bits per heavy atom. The van der Waals surface area contributed by atoms with E-state index in [1.165, 1.54) is 12.1 Å². The fourth-order valence-corrected chi connectivity index (χ4v) is 5.71. The van der Waals surface area contributed by atoms with Crippen molar-refractivity contribution in [2.45, 2.75) is 48.3 Å². The minimum absolute atomic E-state index is 0.128. The van der Waals surface area contributed by atoms with Crippen molar-refractivity contribution in [2.24, 2.45) is 4.99 Å². The van der Waals surface area contributed by atoms with Crippen molar-refractivity contribution in [2.75, 3.05) is 5.32 Å². The van der Waals surface area contributed by atoms with E-state index in [0.717, 1.165) is 17.6 Å². The molecular weight excluding hydrogens is 532 g/mol. The monoisotopic (exact) mass is 556 g/mol. The van der Waals surface area contributed by atoms with Crippen LogP contribution in [0.3, 0.4) is 0 Å². The van der Waals surface area contributed by atoms with Crippen molar-refractivity contribution in [3.8, 4) is 0 Å². The number of carbonyl (C=O) groups is 1. The number of aliphatic hydroxyl groups is 1. The molecule has 0 bridgehead atoms. The Labute approximate surface area is 223 Å². The fraction of sp³-hybridized carbons (Fsp3) is 0.231. The van der Waals surface area contributed by atoms with E-state index in [1.54, 1.807) is 30.4 Å². The van der Waals surface area contributed by atoms with Crippen molar-refractivity contribution in [3.63, 3.8) is 0 Å². The number of nitrogens with one attached hydrogen (secondary N) is 1. The fourth-order valence-electron chi connectivity index (χ4n) is 4.80. The van der Waals surface area contributed by atoms with Crippen LogP contribution in [0, 0.1) is 0 Å². The van der Waals surface area contributed by atoms with Gasteiger partial charge in [-0.2, -0.15) is 8.42 Å². The maximum absolute atomic E-state index is 13.1. The lowest BCUT2D eigenvalue weighted by Crippen LogP contribution is -2.28. The highest BCUT2D eigenvalue weighted by molar-refractivity contribution is 7.94. The van der Waals surface area contributed by atoms with Gasteiger partial charge in [-0.25, -0.2) is 5.26 Å². The van der Waals surface area contributed by atoms with Crippen molar-refractivity contribution >= 4 is 45.0 Å². The highest BCUT2D eigenvalue weighted by atomic mass is 32.2. The maximum Gasteiger partial charge on any atom is 0.294 e. The summed E-state index contributed by atoms with van der Waals surface area (Å²) >= 11 is 0.837. The molecule has 2 aliphatic heterocycles. The van der Waals surface area contributed by atoms with Crippen LogP contribution in [0.1, 0.15) is 38.8 Å². The quantitative estimate of drug-likeness (QED) is 0.121. The Bertz CT molecular complexity index is 1630. The predicted molar refractivity (Wildman–Crippen MR) is 141 cm³/mol. The number of Topliss-reactive ketones (excluding diaryl/α,β-unsaturated/α-hetero) is 1. The van der Waals surface area contributed by atoms with Crippen LogP contribution in [0.2, 0.25) is 0 Å². The molecule has 0 spiro atoms. The summed E-state index contributed by atoms with van der Waals surface area (Å²) in [4.78, 5) is 18.2. The number of allylic oxidation sites excluding steroid dienone is 5. The second-order valence-electron chi connectivity index (χ2n) is 10.2. The Balaban J connectivity index is 1.44. The van der Waals surface area contributed by atoms with Gasteiger partial charge in [0.1, 0.15) is 5.76 Å². The van der Waals surface area contributed by atoms with Gasteiger partial charge in [0.2, 0.25) is 5.78 Å². The average molecular weight is 557 g/mol. The van der Waals surface area contributed by atoms with Gasteiger partial charge in [-0.15, -0.1) is 4.33 Å². The first-order chi connectivity index (χ1) is 17.7. The zero-order valence-corrected chi connectivity index (χ0v) is 22.4. The number of nitrogens with zero attached hydrogens (tertiary/aromatic N) is 1. The SMILES string of the molecule is CC1(C)C(/C=C2/C(=O)C(/C=C3/Nc4ccc(S(=O)(=O)O)cc4C3(C)C)=C2O)=Nc2ccc(SOOO)cc21. The molecule has 0 saturated carbocycles. The van der Waals surface area contributed by atoms with Crippen LogP contribution in [0.25, 0.3) is 0 Å². The summed E-state index contributed by atoms with van der Waals surface area (Å²) in [5, 5.41) is 26.1. The number of fused-ring (bicyclic) bond motifs is 2. The number of hydrogen-bond acceptors (Lipinski definition) is 10. The van der Waals surface area contributed by atoms with Gasteiger partial charge in [-0.3, -0.25) is 14.3 Å². The van der Waals surface area contributed by atoms with Crippen LogP contribution < -0.4 is 5.32 Å². The van der Waals surface area contributed by atoms with Gasteiger partial charge in [0.05, 0.1) is 39.5 Å². The molecule has 12 heteroatoms. The second-order valence-corrected chi connectivity index (χ2v) is 12.4. The lowest BCUT2D eigenvalue weighted by molar-refractivity contribution is -0.432. The zero-order chi connectivity index (χ0) is 27.6. The van der Waals surface area contributed by atoms with Crippen LogP contribution in [0.15, 0.2) is 85.9 Å². The zero-order valence-electron chi connectivity index (χ0n) is 20.8. The Kier molecular flexibility index (Phi) is 6.17. The van der Waals surface area contributed by atoms with Gasteiger partial charge >= 0.3 is 0 Å². The first kappa shape index (κ1) is 26.4. The van der Waals surface area contributed by atoms with Crippen LogP contribution in [-0.2, 0) is 35.1 Å². The van der Waals surface area contributed by atoms with E-state index >= 15 is 0 Å². The van der Waals surface area contributed by atoms with Crippen LogP contribution in [0.5, 0.6) is 0 Å². The van der Waals surface area contributed by atoms with Gasteiger partial charge < -0.3 is 10.4 Å². The summed E-state index contributed by atoms with van der Waals surface area (Å²) in [6.45, 7) is 7.59. The number of aliphatic hydroxyl groups excluding tert-OH is 1. The number of benzene rings is 2. The Hall–Kier alpha value is -3.26. The summed E-state index contributed by atoms with van der Waals surface area (Å²) in [5.74, 6) is -0.504. The van der Waals surface area contributed by atoms with Crippen molar-refractivity contribution in [1.29, 1.82) is 0 Å². The molecule has 0 radical (unpaired) electrons. The van der Waals surface area contributed by atoms with Crippen molar-refractivity contribution in [3.05, 3.63) is 82.3 Å². The normalized spacial score (nSPS) is 21.3. The molecule has 3 aliphatic rings.